The van der Waals surface area contributed by atoms with Crippen molar-refractivity contribution in [2.75, 3.05) is 18.6 Å². The van der Waals surface area contributed by atoms with E-state index in [9.17, 15) is 9.59 Å². The van der Waals surface area contributed by atoms with Gasteiger partial charge < -0.3 is 24.4 Å². The standard InChI is InChI=1S/C27H28N2O5/c1-19-27(31)29(22-10-6-7-11-23(22)34-19)15-14-26(30)28-17-21-12-13-24(25(16-21)32-2)33-18-20-8-4-3-5-9-20/h3-13,16,19H,14-15,17-18H2,1-2H3,(H,28,30)/t19-/m1/s1. The van der Waals surface area contributed by atoms with Crippen molar-refractivity contribution in [2.24, 2.45) is 0 Å². The zero-order valence-corrected chi connectivity index (χ0v) is 19.3. The van der Waals surface area contributed by atoms with Crippen molar-refractivity contribution >= 4 is 17.5 Å². The first-order chi connectivity index (χ1) is 16.5. The number of fused-ring (bicyclic) bond motifs is 1. The Morgan fingerprint density at radius 3 is 2.56 bits per heavy atom. The van der Waals surface area contributed by atoms with Crippen LogP contribution >= 0.6 is 0 Å². The fourth-order valence-corrected chi connectivity index (χ4v) is 3.77. The highest BCUT2D eigenvalue weighted by molar-refractivity contribution is 6.00. The van der Waals surface area contributed by atoms with Crippen molar-refractivity contribution in [3.8, 4) is 17.2 Å². The zero-order chi connectivity index (χ0) is 23.9. The van der Waals surface area contributed by atoms with Gasteiger partial charge in [0.1, 0.15) is 12.4 Å². The lowest BCUT2D eigenvalue weighted by Gasteiger charge is -2.32. The van der Waals surface area contributed by atoms with Crippen molar-refractivity contribution < 1.29 is 23.8 Å². The molecule has 7 nitrogen and oxygen atoms in total. The molecule has 1 aliphatic rings. The highest BCUT2D eigenvalue weighted by Crippen LogP contribution is 2.33. The second-order valence-corrected chi connectivity index (χ2v) is 8.00. The van der Waals surface area contributed by atoms with E-state index in [1.54, 1.807) is 18.9 Å². The summed E-state index contributed by atoms with van der Waals surface area (Å²) in [6, 6.07) is 22.8. The van der Waals surface area contributed by atoms with E-state index in [4.69, 9.17) is 14.2 Å². The SMILES string of the molecule is COc1cc(CNC(=O)CCN2C(=O)[C@@H](C)Oc3ccccc32)ccc1OCc1ccccc1. The van der Waals surface area contributed by atoms with Gasteiger partial charge in [0.2, 0.25) is 5.91 Å². The summed E-state index contributed by atoms with van der Waals surface area (Å²) in [7, 11) is 1.59. The first kappa shape index (κ1) is 23.2. The summed E-state index contributed by atoms with van der Waals surface area (Å²) in [5.74, 6) is 1.60. The quantitative estimate of drug-likeness (QED) is 0.520. The van der Waals surface area contributed by atoms with Crippen LogP contribution in [0.2, 0.25) is 0 Å². The van der Waals surface area contributed by atoms with Crippen LogP contribution in [0.5, 0.6) is 17.2 Å². The summed E-state index contributed by atoms with van der Waals surface area (Å²) >= 11 is 0. The fraction of sp³-hybridized carbons (Fsp3) is 0.259. The fourth-order valence-electron chi connectivity index (χ4n) is 3.77. The van der Waals surface area contributed by atoms with E-state index in [-0.39, 0.29) is 24.8 Å². The van der Waals surface area contributed by atoms with Crippen molar-refractivity contribution in [3.05, 3.63) is 83.9 Å². The maximum atomic E-state index is 12.6. The van der Waals surface area contributed by atoms with Crippen LogP contribution in [0.15, 0.2) is 72.8 Å². The third-order valence-corrected chi connectivity index (χ3v) is 5.59. The van der Waals surface area contributed by atoms with Crippen LogP contribution in [-0.4, -0.2) is 31.6 Å². The van der Waals surface area contributed by atoms with Gasteiger partial charge in [-0.25, -0.2) is 0 Å². The maximum absolute atomic E-state index is 12.6. The lowest BCUT2D eigenvalue weighted by atomic mass is 10.1. The second-order valence-electron chi connectivity index (χ2n) is 8.00. The summed E-state index contributed by atoms with van der Waals surface area (Å²) in [4.78, 5) is 26.7. The molecule has 0 aliphatic carbocycles. The first-order valence-corrected chi connectivity index (χ1v) is 11.2. The average molecular weight is 461 g/mol. The molecule has 0 fully saturated rings. The van der Waals surface area contributed by atoms with Gasteiger partial charge in [-0.1, -0.05) is 48.5 Å². The Morgan fingerprint density at radius 1 is 1.00 bits per heavy atom. The monoisotopic (exact) mass is 460 g/mol. The number of nitrogens with zero attached hydrogens (tertiary/aromatic N) is 1. The summed E-state index contributed by atoms with van der Waals surface area (Å²) in [6.07, 6.45) is -0.393. The number of rotatable bonds is 9. The Hall–Kier alpha value is -4.00. The topological polar surface area (TPSA) is 77.1 Å². The highest BCUT2D eigenvalue weighted by Gasteiger charge is 2.31. The number of methoxy groups -OCH3 is 1. The molecule has 7 heteroatoms. The van der Waals surface area contributed by atoms with E-state index >= 15 is 0 Å². The van der Waals surface area contributed by atoms with Gasteiger partial charge in [-0.05, 0) is 42.3 Å². The number of carbonyl (C=O) groups is 2. The molecular weight excluding hydrogens is 432 g/mol. The van der Waals surface area contributed by atoms with E-state index in [1.165, 1.54) is 0 Å². The van der Waals surface area contributed by atoms with Crippen LogP contribution in [0.3, 0.4) is 0 Å². The predicted molar refractivity (Wildman–Crippen MR) is 129 cm³/mol. The average Bonchev–Trinajstić information content (AvgIpc) is 2.87. The molecule has 0 unspecified atom stereocenters. The molecule has 1 aliphatic heterocycles. The molecule has 1 heterocycles. The highest BCUT2D eigenvalue weighted by atomic mass is 16.5. The van der Waals surface area contributed by atoms with Gasteiger partial charge in [0.25, 0.3) is 5.91 Å². The second kappa shape index (κ2) is 10.7. The van der Waals surface area contributed by atoms with Gasteiger partial charge in [0.15, 0.2) is 17.6 Å². The molecule has 176 valence electrons. The molecule has 2 amide bonds. The minimum absolute atomic E-state index is 0.146. The third-order valence-electron chi connectivity index (χ3n) is 5.59. The van der Waals surface area contributed by atoms with E-state index < -0.39 is 6.10 Å². The van der Waals surface area contributed by atoms with Gasteiger partial charge in [-0.2, -0.15) is 0 Å². The van der Waals surface area contributed by atoms with E-state index in [0.717, 1.165) is 11.1 Å². The van der Waals surface area contributed by atoms with Crippen LogP contribution < -0.4 is 24.4 Å². The van der Waals surface area contributed by atoms with Crippen LogP contribution in [0, 0.1) is 0 Å². The summed E-state index contributed by atoms with van der Waals surface area (Å²) < 4.78 is 17.0. The molecule has 0 saturated heterocycles. The summed E-state index contributed by atoms with van der Waals surface area (Å²) in [6.45, 7) is 2.78. The first-order valence-electron chi connectivity index (χ1n) is 11.2. The van der Waals surface area contributed by atoms with Crippen LogP contribution in [0.1, 0.15) is 24.5 Å². The van der Waals surface area contributed by atoms with Crippen LogP contribution in [-0.2, 0) is 22.7 Å². The lowest BCUT2D eigenvalue weighted by molar-refractivity contribution is -0.125. The number of anilines is 1. The molecule has 3 aromatic rings. The van der Waals surface area contributed by atoms with Crippen molar-refractivity contribution in [1.29, 1.82) is 0 Å². The number of nitrogens with one attached hydrogen (secondary N) is 1. The van der Waals surface area contributed by atoms with Crippen LogP contribution in [0.4, 0.5) is 5.69 Å². The van der Waals surface area contributed by atoms with E-state index in [2.05, 4.69) is 5.32 Å². The van der Waals surface area contributed by atoms with Gasteiger partial charge in [0.05, 0.1) is 12.8 Å². The Labute approximate surface area is 199 Å². The van der Waals surface area contributed by atoms with Gasteiger partial charge in [0, 0.05) is 19.5 Å². The molecule has 4 rings (SSSR count). The van der Waals surface area contributed by atoms with Crippen molar-refractivity contribution in [2.45, 2.75) is 32.6 Å². The number of benzene rings is 3. The molecular formula is C27H28N2O5. The number of carbonyl (C=O) groups excluding carboxylic acids is 2. The summed E-state index contributed by atoms with van der Waals surface area (Å²) in [5.41, 5.74) is 2.64. The molecule has 0 radical (unpaired) electrons. The Bertz CT molecular complexity index is 1150. The Balaban J connectivity index is 1.31. The van der Waals surface area contributed by atoms with E-state index in [1.807, 2.05) is 72.8 Å². The minimum Gasteiger partial charge on any atom is -0.493 e. The molecule has 34 heavy (non-hydrogen) atoms. The summed E-state index contributed by atoms with van der Waals surface area (Å²) in [5, 5.41) is 2.91. The van der Waals surface area contributed by atoms with Gasteiger partial charge >= 0.3 is 0 Å². The van der Waals surface area contributed by atoms with Crippen LogP contribution in [0.25, 0.3) is 0 Å². The molecule has 0 aromatic heterocycles. The number of amides is 2. The Kier molecular flexibility index (Phi) is 7.32. The minimum atomic E-state index is -0.576. The largest absolute Gasteiger partial charge is 0.493 e. The normalized spacial score (nSPS) is 14.7. The van der Waals surface area contributed by atoms with Crippen molar-refractivity contribution in [1.82, 2.24) is 5.32 Å². The Morgan fingerprint density at radius 2 is 1.76 bits per heavy atom. The molecule has 0 saturated carbocycles. The van der Waals surface area contributed by atoms with Gasteiger partial charge in [-0.15, -0.1) is 0 Å². The maximum Gasteiger partial charge on any atom is 0.267 e. The number of para-hydroxylation sites is 2. The molecule has 3 aromatic carbocycles. The van der Waals surface area contributed by atoms with E-state index in [0.29, 0.717) is 36.1 Å². The lowest BCUT2D eigenvalue weighted by Crippen LogP contribution is -2.45. The number of hydrogen-bond acceptors (Lipinski definition) is 5. The third kappa shape index (κ3) is 5.49. The zero-order valence-electron chi connectivity index (χ0n) is 19.3. The molecule has 1 N–H and O–H groups in total. The van der Waals surface area contributed by atoms with Crippen molar-refractivity contribution in [3.63, 3.8) is 0 Å². The number of hydrogen-bond donors (Lipinski definition) is 1. The smallest absolute Gasteiger partial charge is 0.267 e. The predicted octanol–water partition coefficient (Wildman–Crippen LogP) is 4.09. The molecule has 0 spiro atoms. The number of ether oxygens (including phenoxy) is 3. The van der Waals surface area contributed by atoms with Gasteiger partial charge in [-0.3, -0.25) is 9.59 Å². The molecule has 1 atom stereocenters. The molecule has 0 bridgehead atoms.